The predicted molar refractivity (Wildman–Crippen MR) is 60.5 cm³/mol. The maximum absolute atomic E-state index is 11.7. The van der Waals surface area contributed by atoms with Crippen molar-refractivity contribution in [2.75, 3.05) is 11.4 Å². The quantitative estimate of drug-likeness (QED) is 0.762. The highest BCUT2D eigenvalue weighted by molar-refractivity contribution is 5.96. The normalized spacial score (nSPS) is 19.1. The Morgan fingerprint density at radius 2 is 2.35 bits per heavy atom. The molecule has 0 aromatic carbocycles. The predicted octanol–water partition coefficient (Wildman–Crippen LogP) is 0.766. The first-order valence-corrected chi connectivity index (χ1v) is 5.08. The summed E-state index contributed by atoms with van der Waals surface area (Å²) in [4.78, 5) is 27.8. The van der Waals surface area contributed by atoms with Crippen LogP contribution < -0.4 is 4.90 Å². The van der Waals surface area contributed by atoms with Crippen molar-refractivity contribution in [3.8, 4) is 12.3 Å². The van der Waals surface area contributed by atoms with Crippen molar-refractivity contribution < 1.29 is 14.7 Å². The number of hydrogen-bond donors (Lipinski definition) is 1. The molecule has 1 atom stereocenters. The second-order valence-electron chi connectivity index (χ2n) is 3.76. The van der Waals surface area contributed by atoms with E-state index in [0.717, 1.165) is 0 Å². The summed E-state index contributed by atoms with van der Waals surface area (Å²) in [5, 5.41) is 8.82. The lowest BCUT2D eigenvalue weighted by Crippen LogP contribution is -2.25. The Hall–Kier alpha value is -2.35. The number of aromatic carboxylic acids is 1. The zero-order chi connectivity index (χ0) is 12.4. The van der Waals surface area contributed by atoms with E-state index in [-0.39, 0.29) is 23.9 Å². The number of terminal acetylenes is 1. The fourth-order valence-electron chi connectivity index (χ4n) is 1.73. The molecule has 1 saturated heterocycles. The molecule has 0 saturated carbocycles. The SMILES string of the molecule is C#CC1CC(=O)N(c2cccc(C(=O)O)n2)C1. The monoisotopic (exact) mass is 230 g/mol. The average Bonchev–Trinajstić information content (AvgIpc) is 2.71. The summed E-state index contributed by atoms with van der Waals surface area (Å²) in [5.74, 6) is 1.50. The van der Waals surface area contributed by atoms with E-state index in [2.05, 4.69) is 10.9 Å². The highest BCUT2D eigenvalue weighted by Crippen LogP contribution is 2.23. The van der Waals surface area contributed by atoms with Gasteiger partial charge in [0.05, 0.1) is 0 Å². The van der Waals surface area contributed by atoms with E-state index >= 15 is 0 Å². The molecule has 1 unspecified atom stereocenters. The summed E-state index contributed by atoms with van der Waals surface area (Å²) in [5.41, 5.74) is -0.0838. The molecule has 0 spiro atoms. The number of nitrogens with zero attached hydrogens (tertiary/aromatic N) is 2. The fourth-order valence-corrected chi connectivity index (χ4v) is 1.73. The molecule has 1 aliphatic heterocycles. The van der Waals surface area contributed by atoms with Gasteiger partial charge in [0, 0.05) is 18.9 Å². The van der Waals surface area contributed by atoms with Gasteiger partial charge in [-0.1, -0.05) is 6.07 Å². The van der Waals surface area contributed by atoms with E-state index in [1.165, 1.54) is 11.0 Å². The van der Waals surface area contributed by atoms with Crippen LogP contribution in [0.1, 0.15) is 16.9 Å². The second-order valence-corrected chi connectivity index (χ2v) is 3.76. The van der Waals surface area contributed by atoms with Crippen molar-refractivity contribution in [1.82, 2.24) is 4.98 Å². The minimum atomic E-state index is -1.12. The number of aromatic nitrogens is 1. The maximum atomic E-state index is 11.7. The van der Waals surface area contributed by atoms with Crippen LogP contribution in [0.5, 0.6) is 0 Å². The summed E-state index contributed by atoms with van der Waals surface area (Å²) in [6, 6.07) is 4.54. The van der Waals surface area contributed by atoms with Crippen molar-refractivity contribution in [2.45, 2.75) is 6.42 Å². The zero-order valence-corrected chi connectivity index (χ0v) is 8.96. The summed E-state index contributed by atoms with van der Waals surface area (Å²) < 4.78 is 0. The minimum absolute atomic E-state index is 0.0838. The Bertz CT molecular complexity index is 519. The van der Waals surface area contributed by atoms with E-state index in [1.54, 1.807) is 12.1 Å². The van der Waals surface area contributed by atoms with E-state index in [9.17, 15) is 9.59 Å². The van der Waals surface area contributed by atoms with E-state index in [0.29, 0.717) is 12.4 Å². The van der Waals surface area contributed by atoms with Crippen LogP contribution in [0.25, 0.3) is 0 Å². The largest absolute Gasteiger partial charge is 0.477 e. The molecule has 5 heteroatoms. The van der Waals surface area contributed by atoms with Gasteiger partial charge in [0.1, 0.15) is 5.82 Å². The van der Waals surface area contributed by atoms with Gasteiger partial charge in [-0.05, 0) is 12.1 Å². The van der Waals surface area contributed by atoms with Crippen molar-refractivity contribution in [3.05, 3.63) is 23.9 Å². The lowest BCUT2D eigenvalue weighted by Gasteiger charge is -2.14. The highest BCUT2D eigenvalue weighted by Gasteiger charge is 2.30. The lowest BCUT2D eigenvalue weighted by molar-refractivity contribution is -0.117. The molecular formula is C12H10N2O3. The standard InChI is InChI=1S/C12H10N2O3/c1-2-8-6-11(15)14(7-8)10-5-3-4-9(13-10)12(16)17/h1,3-5,8H,6-7H2,(H,16,17). The molecule has 1 amide bonds. The van der Waals surface area contributed by atoms with Gasteiger partial charge in [-0.3, -0.25) is 9.69 Å². The van der Waals surface area contributed by atoms with Crippen LogP contribution >= 0.6 is 0 Å². The van der Waals surface area contributed by atoms with Crippen molar-refractivity contribution in [2.24, 2.45) is 5.92 Å². The first kappa shape index (κ1) is 11.1. The summed E-state index contributed by atoms with van der Waals surface area (Å²) in [6.07, 6.45) is 5.56. The number of anilines is 1. The molecule has 86 valence electrons. The summed E-state index contributed by atoms with van der Waals surface area (Å²) >= 11 is 0. The van der Waals surface area contributed by atoms with Crippen LogP contribution in [0.3, 0.4) is 0 Å². The van der Waals surface area contributed by atoms with Gasteiger partial charge in [0.2, 0.25) is 5.91 Å². The molecule has 1 aliphatic rings. The lowest BCUT2D eigenvalue weighted by atomic mass is 10.1. The van der Waals surface area contributed by atoms with Crippen LogP contribution in [0.15, 0.2) is 18.2 Å². The van der Waals surface area contributed by atoms with Gasteiger partial charge >= 0.3 is 5.97 Å². The molecule has 0 bridgehead atoms. The van der Waals surface area contributed by atoms with Crippen molar-refractivity contribution >= 4 is 17.7 Å². The van der Waals surface area contributed by atoms with E-state index in [4.69, 9.17) is 11.5 Å². The number of carbonyl (C=O) groups excluding carboxylic acids is 1. The number of pyridine rings is 1. The van der Waals surface area contributed by atoms with Gasteiger partial charge in [-0.25, -0.2) is 9.78 Å². The molecule has 0 radical (unpaired) electrons. The Morgan fingerprint density at radius 1 is 1.59 bits per heavy atom. The fraction of sp³-hybridized carbons (Fsp3) is 0.250. The smallest absolute Gasteiger partial charge is 0.354 e. The van der Waals surface area contributed by atoms with Gasteiger partial charge in [-0.15, -0.1) is 12.3 Å². The van der Waals surface area contributed by atoms with Crippen LogP contribution in [0, 0.1) is 18.3 Å². The second kappa shape index (κ2) is 4.26. The van der Waals surface area contributed by atoms with E-state index in [1.807, 2.05) is 0 Å². The van der Waals surface area contributed by atoms with Crippen LogP contribution in [-0.2, 0) is 4.79 Å². The first-order chi connectivity index (χ1) is 8.11. The third kappa shape index (κ3) is 2.11. The average molecular weight is 230 g/mol. The Balaban J connectivity index is 2.29. The number of rotatable bonds is 2. The van der Waals surface area contributed by atoms with Crippen LogP contribution in [0.2, 0.25) is 0 Å². The Morgan fingerprint density at radius 3 is 2.94 bits per heavy atom. The molecule has 1 aromatic heterocycles. The van der Waals surface area contributed by atoms with Crippen molar-refractivity contribution in [3.63, 3.8) is 0 Å². The number of carbonyl (C=O) groups is 2. The third-order valence-electron chi connectivity index (χ3n) is 2.59. The summed E-state index contributed by atoms with van der Waals surface area (Å²) in [6.45, 7) is 0.394. The molecule has 1 N–H and O–H groups in total. The molecule has 2 heterocycles. The Labute approximate surface area is 98.1 Å². The zero-order valence-electron chi connectivity index (χ0n) is 8.96. The minimum Gasteiger partial charge on any atom is -0.477 e. The molecule has 0 aliphatic carbocycles. The number of carboxylic acids is 1. The van der Waals surface area contributed by atoms with Crippen LogP contribution in [-0.4, -0.2) is 28.5 Å². The Kier molecular flexibility index (Phi) is 2.79. The van der Waals surface area contributed by atoms with Gasteiger partial charge in [-0.2, -0.15) is 0 Å². The maximum Gasteiger partial charge on any atom is 0.354 e. The van der Waals surface area contributed by atoms with Crippen LogP contribution in [0.4, 0.5) is 5.82 Å². The molecule has 5 nitrogen and oxygen atoms in total. The number of hydrogen-bond acceptors (Lipinski definition) is 3. The topological polar surface area (TPSA) is 70.5 Å². The van der Waals surface area contributed by atoms with Gasteiger partial charge < -0.3 is 5.11 Å². The number of amides is 1. The van der Waals surface area contributed by atoms with Gasteiger partial charge in [0.15, 0.2) is 5.69 Å². The molecular weight excluding hydrogens is 220 g/mol. The molecule has 1 aromatic rings. The third-order valence-corrected chi connectivity index (χ3v) is 2.59. The molecule has 17 heavy (non-hydrogen) atoms. The molecule has 1 fully saturated rings. The van der Waals surface area contributed by atoms with E-state index < -0.39 is 5.97 Å². The molecule has 2 rings (SSSR count). The number of carboxylic acid groups (broad SMARTS) is 1. The van der Waals surface area contributed by atoms with Crippen molar-refractivity contribution in [1.29, 1.82) is 0 Å². The highest BCUT2D eigenvalue weighted by atomic mass is 16.4. The summed E-state index contributed by atoms with van der Waals surface area (Å²) in [7, 11) is 0. The van der Waals surface area contributed by atoms with Gasteiger partial charge in [0.25, 0.3) is 0 Å². The first-order valence-electron chi connectivity index (χ1n) is 5.08.